The molecule has 0 aromatic carbocycles. The van der Waals surface area contributed by atoms with E-state index in [0.717, 1.165) is 39.3 Å². The van der Waals surface area contributed by atoms with Gasteiger partial charge < -0.3 is 9.64 Å². The van der Waals surface area contributed by atoms with Crippen molar-refractivity contribution < 1.29 is 9.53 Å². The summed E-state index contributed by atoms with van der Waals surface area (Å²) in [7, 11) is 3.61. The first-order valence-electron chi connectivity index (χ1n) is 6.74. The number of esters is 1. The van der Waals surface area contributed by atoms with Crippen LogP contribution in [-0.4, -0.2) is 86.7 Å². The number of hydrogen-bond donors (Lipinski definition) is 0. The minimum Gasteiger partial charge on any atom is -0.468 e. The number of piperazine rings is 1. The SMILES string of the molecule is COC(=O)CN(CCN1CCN(C)CC1)C(C)C. The molecule has 5 nitrogen and oxygen atoms in total. The molecule has 0 aliphatic carbocycles. The molecule has 0 aromatic heterocycles. The van der Waals surface area contributed by atoms with Crippen LogP contribution in [0.25, 0.3) is 0 Å². The summed E-state index contributed by atoms with van der Waals surface area (Å²) in [4.78, 5) is 18.3. The van der Waals surface area contributed by atoms with Crippen molar-refractivity contribution in [1.82, 2.24) is 14.7 Å². The van der Waals surface area contributed by atoms with Crippen molar-refractivity contribution in [2.45, 2.75) is 19.9 Å². The fourth-order valence-electron chi connectivity index (χ4n) is 2.09. The van der Waals surface area contributed by atoms with Crippen LogP contribution in [0.5, 0.6) is 0 Å². The molecule has 1 heterocycles. The summed E-state index contributed by atoms with van der Waals surface area (Å²) in [6.45, 7) is 11.1. The first-order chi connectivity index (χ1) is 8.52. The summed E-state index contributed by atoms with van der Waals surface area (Å²) in [5.74, 6) is -0.151. The van der Waals surface area contributed by atoms with E-state index in [1.165, 1.54) is 7.11 Å². The Hall–Kier alpha value is -0.650. The third-order valence-corrected chi connectivity index (χ3v) is 3.59. The van der Waals surface area contributed by atoms with E-state index < -0.39 is 0 Å². The highest BCUT2D eigenvalue weighted by molar-refractivity contribution is 5.71. The second-order valence-corrected chi connectivity index (χ2v) is 5.29. The average Bonchev–Trinajstić information content (AvgIpc) is 2.35. The summed E-state index contributed by atoms with van der Waals surface area (Å²) in [6, 6.07) is 0.372. The maximum atomic E-state index is 11.3. The smallest absolute Gasteiger partial charge is 0.319 e. The first-order valence-corrected chi connectivity index (χ1v) is 6.74. The van der Waals surface area contributed by atoms with E-state index in [9.17, 15) is 4.79 Å². The van der Waals surface area contributed by atoms with Gasteiger partial charge in [0.15, 0.2) is 0 Å². The van der Waals surface area contributed by atoms with Gasteiger partial charge in [0.25, 0.3) is 0 Å². The molecule has 0 aromatic rings. The lowest BCUT2D eigenvalue weighted by molar-refractivity contribution is -0.142. The van der Waals surface area contributed by atoms with E-state index in [2.05, 4.69) is 35.6 Å². The summed E-state index contributed by atoms with van der Waals surface area (Å²) >= 11 is 0. The van der Waals surface area contributed by atoms with Crippen molar-refractivity contribution >= 4 is 5.97 Å². The van der Waals surface area contributed by atoms with Gasteiger partial charge in [0.2, 0.25) is 0 Å². The Balaban J connectivity index is 2.31. The number of likely N-dealkylation sites (N-methyl/N-ethyl adjacent to an activating group) is 1. The normalized spacial score (nSPS) is 18.6. The minimum absolute atomic E-state index is 0.151. The van der Waals surface area contributed by atoms with Crippen LogP contribution in [0.2, 0.25) is 0 Å². The molecule has 1 fully saturated rings. The molecule has 0 saturated carbocycles. The quantitative estimate of drug-likeness (QED) is 0.632. The van der Waals surface area contributed by atoms with Crippen molar-refractivity contribution in [2.24, 2.45) is 0 Å². The van der Waals surface area contributed by atoms with Gasteiger partial charge in [-0.25, -0.2) is 0 Å². The van der Waals surface area contributed by atoms with E-state index in [4.69, 9.17) is 4.74 Å². The van der Waals surface area contributed by atoms with Gasteiger partial charge in [-0.1, -0.05) is 0 Å². The molecule has 1 rings (SSSR count). The molecule has 0 radical (unpaired) electrons. The highest BCUT2D eigenvalue weighted by Crippen LogP contribution is 2.02. The Morgan fingerprint density at radius 2 is 1.89 bits per heavy atom. The number of methoxy groups -OCH3 is 1. The fraction of sp³-hybridized carbons (Fsp3) is 0.923. The topological polar surface area (TPSA) is 36.0 Å². The molecular weight excluding hydrogens is 230 g/mol. The van der Waals surface area contributed by atoms with Crippen molar-refractivity contribution in [3.05, 3.63) is 0 Å². The molecule has 1 saturated heterocycles. The van der Waals surface area contributed by atoms with E-state index >= 15 is 0 Å². The lowest BCUT2D eigenvalue weighted by Gasteiger charge is -2.34. The molecule has 0 unspecified atom stereocenters. The van der Waals surface area contributed by atoms with Crippen LogP contribution in [-0.2, 0) is 9.53 Å². The second kappa shape index (κ2) is 7.71. The Labute approximate surface area is 111 Å². The van der Waals surface area contributed by atoms with Gasteiger partial charge in [0.05, 0.1) is 13.7 Å². The van der Waals surface area contributed by atoms with E-state index in [1.807, 2.05) is 0 Å². The van der Waals surface area contributed by atoms with Crippen LogP contribution in [0.3, 0.4) is 0 Å². The van der Waals surface area contributed by atoms with E-state index in [0.29, 0.717) is 12.6 Å². The van der Waals surface area contributed by atoms with Crippen molar-refractivity contribution in [3.8, 4) is 0 Å². The Bertz CT molecular complexity index is 251. The molecule has 1 aliphatic heterocycles. The summed E-state index contributed by atoms with van der Waals surface area (Å²) in [6.07, 6.45) is 0. The van der Waals surface area contributed by atoms with Gasteiger partial charge in [-0.3, -0.25) is 14.6 Å². The molecule has 0 N–H and O–H groups in total. The number of carbonyl (C=O) groups excluding carboxylic acids is 1. The molecule has 0 amide bonds. The Morgan fingerprint density at radius 3 is 2.39 bits per heavy atom. The van der Waals surface area contributed by atoms with Crippen molar-refractivity contribution in [3.63, 3.8) is 0 Å². The highest BCUT2D eigenvalue weighted by Gasteiger charge is 2.18. The monoisotopic (exact) mass is 257 g/mol. The highest BCUT2D eigenvalue weighted by atomic mass is 16.5. The lowest BCUT2D eigenvalue weighted by Crippen LogP contribution is -2.48. The fourth-order valence-corrected chi connectivity index (χ4v) is 2.09. The second-order valence-electron chi connectivity index (χ2n) is 5.29. The van der Waals surface area contributed by atoms with Crippen LogP contribution in [0.15, 0.2) is 0 Å². The number of hydrogen-bond acceptors (Lipinski definition) is 5. The number of ether oxygens (including phenoxy) is 1. The molecule has 1 aliphatic rings. The van der Waals surface area contributed by atoms with Crippen LogP contribution in [0, 0.1) is 0 Å². The van der Waals surface area contributed by atoms with Crippen LogP contribution < -0.4 is 0 Å². The molecule has 0 bridgehead atoms. The summed E-state index contributed by atoms with van der Waals surface area (Å²) < 4.78 is 4.74. The molecule has 0 spiro atoms. The van der Waals surface area contributed by atoms with Crippen molar-refractivity contribution in [2.75, 3.05) is 60.0 Å². The lowest BCUT2D eigenvalue weighted by atomic mass is 10.3. The van der Waals surface area contributed by atoms with Gasteiger partial charge in [-0.15, -0.1) is 0 Å². The van der Waals surface area contributed by atoms with E-state index in [-0.39, 0.29) is 5.97 Å². The number of nitrogens with zero attached hydrogens (tertiary/aromatic N) is 3. The largest absolute Gasteiger partial charge is 0.468 e. The Kier molecular flexibility index (Phi) is 6.60. The Morgan fingerprint density at radius 1 is 1.28 bits per heavy atom. The van der Waals surface area contributed by atoms with Crippen LogP contribution in [0.1, 0.15) is 13.8 Å². The molecule has 106 valence electrons. The van der Waals surface area contributed by atoms with Crippen LogP contribution >= 0.6 is 0 Å². The van der Waals surface area contributed by atoms with Gasteiger partial charge in [-0.05, 0) is 20.9 Å². The number of carbonyl (C=O) groups is 1. The summed E-state index contributed by atoms with van der Waals surface area (Å²) in [5.41, 5.74) is 0. The van der Waals surface area contributed by atoms with Gasteiger partial charge in [-0.2, -0.15) is 0 Å². The zero-order valence-electron chi connectivity index (χ0n) is 12.2. The maximum absolute atomic E-state index is 11.3. The molecular formula is C13H27N3O2. The van der Waals surface area contributed by atoms with Gasteiger partial charge >= 0.3 is 5.97 Å². The van der Waals surface area contributed by atoms with Gasteiger partial charge in [0.1, 0.15) is 0 Å². The van der Waals surface area contributed by atoms with Crippen molar-refractivity contribution in [1.29, 1.82) is 0 Å². The van der Waals surface area contributed by atoms with E-state index in [1.54, 1.807) is 0 Å². The minimum atomic E-state index is -0.151. The molecule has 0 atom stereocenters. The predicted molar refractivity (Wildman–Crippen MR) is 72.7 cm³/mol. The van der Waals surface area contributed by atoms with Crippen LogP contribution in [0.4, 0.5) is 0 Å². The third-order valence-electron chi connectivity index (χ3n) is 3.59. The molecule has 5 heteroatoms. The predicted octanol–water partition coefficient (Wildman–Crippen LogP) is 0.117. The zero-order chi connectivity index (χ0) is 13.5. The maximum Gasteiger partial charge on any atom is 0.319 e. The number of rotatable bonds is 6. The standard InChI is InChI=1S/C13H27N3O2/c1-12(2)16(11-13(17)18-4)10-9-15-7-5-14(3)6-8-15/h12H,5-11H2,1-4H3. The zero-order valence-corrected chi connectivity index (χ0v) is 12.2. The average molecular weight is 257 g/mol. The van der Waals surface area contributed by atoms with Gasteiger partial charge in [0, 0.05) is 45.3 Å². The molecule has 18 heavy (non-hydrogen) atoms. The third kappa shape index (κ3) is 5.33. The first kappa shape index (κ1) is 15.4. The summed E-state index contributed by atoms with van der Waals surface area (Å²) in [5, 5.41) is 0.